The van der Waals surface area contributed by atoms with Crippen molar-refractivity contribution >= 4 is 10.0 Å². The Hall–Kier alpha value is -0.170. The molecule has 0 unspecified atom stereocenters. The van der Waals surface area contributed by atoms with Gasteiger partial charge < -0.3 is 10.0 Å². The van der Waals surface area contributed by atoms with Gasteiger partial charge in [0, 0.05) is 19.6 Å². The third-order valence-electron chi connectivity index (χ3n) is 4.58. The van der Waals surface area contributed by atoms with Crippen molar-refractivity contribution in [2.24, 2.45) is 5.92 Å². The van der Waals surface area contributed by atoms with Crippen LogP contribution < -0.4 is 0 Å². The lowest BCUT2D eigenvalue weighted by Crippen LogP contribution is -2.51. The van der Waals surface area contributed by atoms with Crippen molar-refractivity contribution in [3.8, 4) is 0 Å². The van der Waals surface area contributed by atoms with Gasteiger partial charge in [0.25, 0.3) is 0 Å². The summed E-state index contributed by atoms with van der Waals surface area (Å²) in [5.41, 5.74) is -0.733. The molecule has 1 aliphatic heterocycles. The first kappa shape index (κ1) is 16.2. The van der Waals surface area contributed by atoms with Crippen molar-refractivity contribution in [1.82, 2.24) is 9.21 Å². The minimum atomic E-state index is -3.14. The Labute approximate surface area is 123 Å². The number of likely N-dealkylation sites (N-methyl/N-ethyl adjacent to an activating group) is 1. The van der Waals surface area contributed by atoms with Crippen LogP contribution in [-0.2, 0) is 10.0 Å². The van der Waals surface area contributed by atoms with Gasteiger partial charge in [-0.15, -0.1) is 0 Å². The highest BCUT2D eigenvalue weighted by Gasteiger charge is 2.37. The van der Waals surface area contributed by atoms with Crippen molar-refractivity contribution < 1.29 is 13.5 Å². The molecule has 2 rings (SSSR count). The molecule has 20 heavy (non-hydrogen) atoms. The molecule has 1 heterocycles. The monoisotopic (exact) mass is 304 g/mol. The zero-order chi connectivity index (χ0) is 14.8. The molecule has 5 nitrogen and oxygen atoms in total. The minimum Gasteiger partial charge on any atom is -0.388 e. The molecule has 0 aromatic heterocycles. The average Bonchev–Trinajstić information content (AvgIpc) is 2.79. The van der Waals surface area contributed by atoms with Crippen LogP contribution in [0.2, 0.25) is 0 Å². The second-order valence-corrected chi connectivity index (χ2v) is 8.80. The predicted molar refractivity (Wildman–Crippen MR) is 80.1 cm³/mol. The highest BCUT2D eigenvalue weighted by atomic mass is 32.2. The smallest absolute Gasteiger partial charge is 0.214 e. The molecule has 0 aromatic carbocycles. The fourth-order valence-electron chi connectivity index (χ4n) is 3.51. The van der Waals surface area contributed by atoms with E-state index in [1.54, 1.807) is 4.31 Å². The average molecular weight is 304 g/mol. The molecule has 1 N–H and O–H groups in total. The molecule has 6 heteroatoms. The summed E-state index contributed by atoms with van der Waals surface area (Å²) in [4.78, 5) is 1.96. The van der Waals surface area contributed by atoms with E-state index in [1.165, 1.54) is 12.8 Å². The molecular weight excluding hydrogens is 276 g/mol. The number of aliphatic hydroxyl groups is 1. The normalized spacial score (nSPS) is 25.4. The van der Waals surface area contributed by atoms with E-state index in [0.29, 0.717) is 44.1 Å². The Kier molecular flexibility index (Phi) is 5.10. The fraction of sp³-hybridized carbons (Fsp3) is 1.00. The van der Waals surface area contributed by atoms with E-state index in [4.69, 9.17) is 0 Å². The quantitative estimate of drug-likeness (QED) is 0.819. The van der Waals surface area contributed by atoms with Gasteiger partial charge in [0.1, 0.15) is 0 Å². The summed E-state index contributed by atoms with van der Waals surface area (Å²) in [6.07, 6.45) is 5.52. The van der Waals surface area contributed by atoms with Crippen LogP contribution in [0, 0.1) is 5.92 Å². The van der Waals surface area contributed by atoms with Gasteiger partial charge in [-0.25, -0.2) is 12.7 Å². The maximum atomic E-state index is 12.4. The van der Waals surface area contributed by atoms with Crippen molar-refractivity contribution in [2.75, 3.05) is 39.5 Å². The highest BCUT2D eigenvalue weighted by molar-refractivity contribution is 7.89. The first-order chi connectivity index (χ1) is 9.31. The lowest BCUT2D eigenvalue weighted by molar-refractivity contribution is -0.0235. The van der Waals surface area contributed by atoms with Crippen LogP contribution in [0.5, 0.6) is 0 Å². The zero-order valence-corrected chi connectivity index (χ0v) is 13.5. The van der Waals surface area contributed by atoms with Gasteiger partial charge in [-0.3, -0.25) is 0 Å². The summed E-state index contributed by atoms with van der Waals surface area (Å²) in [7, 11) is 0.727. The largest absolute Gasteiger partial charge is 0.388 e. The fourth-order valence-corrected chi connectivity index (χ4v) is 5.39. The molecule has 0 spiro atoms. The van der Waals surface area contributed by atoms with Crippen molar-refractivity contribution in [2.45, 2.75) is 44.1 Å². The van der Waals surface area contributed by atoms with Crippen LogP contribution >= 0.6 is 0 Å². The van der Waals surface area contributed by atoms with Crippen molar-refractivity contribution in [1.29, 1.82) is 0 Å². The maximum Gasteiger partial charge on any atom is 0.214 e. The minimum absolute atomic E-state index is 0.305. The molecule has 0 aromatic rings. The number of rotatable bonds is 5. The van der Waals surface area contributed by atoms with E-state index in [1.807, 2.05) is 19.0 Å². The Balaban J connectivity index is 1.88. The standard InChI is InChI=1S/C14H28N2O3S/c1-15(2)12-14(17)7-9-16(10-8-14)20(18,19)11-13-5-3-4-6-13/h13,17H,3-12H2,1-2H3. The van der Waals surface area contributed by atoms with Gasteiger partial charge in [-0.1, -0.05) is 12.8 Å². The molecule has 1 saturated carbocycles. The number of sulfonamides is 1. The summed E-state index contributed by atoms with van der Waals surface area (Å²) in [5, 5.41) is 10.4. The van der Waals surface area contributed by atoms with Crippen molar-refractivity contribution in [3.63, 3.8) is 0 Å². The lowest BCUT2D eigenvalue weighted by Gasteiger charge is -2.39. The number of hydrogen-bond donors (Lipinski definition) is 1. The number of piperidine rings is 1. The van der Waals surface area contributed by atoms with E-state index in [2.05, 4.69) is 0 Å². The van der Waals surface area contributed by atoms with Gasteiger partial charge in [-0.05, 0) is 45.7 Å². The van der Waals surface area contributed by atoms with Crippen LogP contribution in [0.4, 0.5) is 0 Å². The molecule has 1 saturated heterocycles. The lowest BCUT2D eigenvalue weighted by atomic mass is 9.92. The third kappa shape index (κ3) is 4.16. The Bertz CT molecular complexity index is 408. The first-order valence-electron chi connectivity index (χ1n) is 7.66. The molecule has 0 bridgehead atoms. The van der Waals surface area contributed by atoms with Crippen LogP contribution in [0.25, 0.3) is 0 Å². The second-order valence-electron chi connectivity index (χ2n) is 6.79. The summed E-state index contributed by atoms with van der Waals surface area (Å²) in [6, 6.07) is 0. The van der Waals surface area contributed by atoms with Crippen molar-refractivity contribution in [3.05, 3.63) is 0 Å². The van der Waals surface area contributed by atoms with Crippen LogP contribution in [0.3, 0.4) is 0 Å². The summed E-state index contributed by atoms with van der Waals surface area (Å²) < 4.78 is 26.4. The molecule has 118 valence electrons. The highest BCUT2D eigenvalue weighted by Crippen LogP contribution is 2.29. The molecule has 2 fully saturated rings. The molecular formula is C14H28N2O3S. The Morgan fingerprint density at radius 2 is 1.75 bits per heavy atom. The second kappa shape index (κ2) is 6.30. The molecule has 0 atom stereocenters. The SMILES string of the molecule is CN(C)CC1(O)CCN(S(=O)(=O)CC2CCCC2)CC1. The first-order valence-corrected chi connectivity index (χ1v) is 9.27. The molecule has 1 aliphatic carbocycles. The molecule has 0 amide bonds. The molecule has 0 radical (unpaired) electrons. The number of hydrogen-bond acceptors (Lipinski definition) is 4. The maximum absolute atomic E-state index is 12.4. The van der Waals surface area contributed by atoms with Gasteiger partial charge in [0.15, 0.2) is 0 Å². The summed E-state index contributed by atoms with van der Waals surface area (Å²) >= 11 is 0. The van der Waals surface area contributed by atoms with E-state index < -0.39 is 15.6 Å². The summed E-state index contributed by atoms with van der Waals surface area (Å²) in [5.74, 6) is 0.654. The Morgan fingerprint density at radius 1 is 1.20 bits per heavy atom. The van der Waals surface area contributed by atoms with Gasteiger partial charge in [0.2, 0.25) is 10.0 Å². The van der Waals surface area contributed by atoms with E-state index in [-0.39, 0.29) is 0 Å². The topological polar surface area (TPSA) is 60.9 Å². The summed E-state index contributed by atoms with van der Waals surface area (Å²) in [6.45, 7) is 1.52. The van der Waals surface area contributed by atoms with Gasteiger partial charge in [0.05, 0.1) is 11.4 Å². The van der Waals surface area contributed by atoms with E-state index in [9.17, 15) is 13.5 Å². The number of nitrogens with zero attached hydrogens (tertiary/aromatic N) is 2. The van der Waals surface area contributed by atoms with Crippen LogP contribution in [0.1, 0.15) is 38.5 Å². The van der Waals surface area contributed by atoms with E-state index >= 15 is 0 Å². The van der Waals surface area contributed by atoms with Crippen LogP contribution in [0.15, 0.2) is 0 Å². The predicted octanol–water partition coefficient (Wildman–Crippen LogP) is 0.895. The molecule has 2 aliphatic rings. The van der Waals surface area contributed by atoms with Crippen LogP contribution in [-0.4, -0.2) is 67.8 Å². The zero-order valence-electron chi connectivity index (χ0n) is 12.7. The van der Waals surface area contributed by atoms with Gasteiger partial charge in [-0.2, -0.15) is 0 Å². The van der Waals surface area contributed by atoms with Gasteiger partial charge >= 0.3 is 0 Å². The van der Waals surface area contributed by atoms with E-state index in [0.717, 1.165) is 12.8 Å². The Morgan fingerprint density at radius 3 is 2.25 bits per heavy atom. The third-order valence-corrected chi connectivity index (χ3v) is 6.62.